The third-order valence-electron chi connectivity index (χ3n) is 8.85. The summed E-state index contributed by atoms with van der Waals surface area (Å²) in [5, 5.41) is 14.8. The largest absolute Gasteiger partial charge is 0.450 e. The molecular weight excluding hydrogens is 805 g/mol. The molecule has 0 unspecified atom stereocenters. The third-order valence-corrected chi connectivity index (χ3v) is 13.6. The number of amides is 4. The molecule has 0 aromatic heterocycles. The van der Waals surface area contributed by atoms with Crippen LogP contribution in [-0.4, -0.2) is 112 Å². The summed E-state index contributed by atoms with van der Waals surface area (Å²) in [4.78, 5) is 48.7. The number of benzene rings is 4. The Balaban J connectivity index is 0.000000583. The molecule has 0 bridgehead atoms. The minimum atomic E-state index is -3.19. The zero-order valence-electron chi connectivity index (χ0n) is 35.1. The highest BCUT2D eigenvalue weighted by Crippen LogP contribution is 2.18. The maximum Gasteiger partial charge on any atom is 0.411 e. The molecule has 2 fully saturated rings. The third kappa shape index (κ3) is 15.2. The first kappa shape index (κ1) is 47.7. The number of carbonyl (C=O) groups excluding carboxylic acids is 4. The monoisotopic (exact) mass is 860 g/mol. The van der Waals surface area contributed by atoms with E-state index in [0.29, 0.717) is 22.7 Å². The van der Waals surface area contributed by atoms with Crippen molar-refractivity contribution in [1.29, 1.82) is 0 Å². The molecular formula is C44H56N4O12Si. The fourth-order valence-electron chi connectivity index (χ4n) is 6.23. The summed E-state index contributed by atoms with van der Waals surface area (Å²) in [6.45, 7) is 14.1. The second-order valence-electron chi connectivity index (χ2n) is 12.9. The van der Waals surface area contributed by atoms with Crippen LogP contribution in [0.4, 0.5) is 41.9 Å². The summed E-state index contributed by atoms with van der Waals surface area (Å²) in [6, 6.07) is 30.3. The van der Waals surface area contributed by atoms with Gasteiger partial charge in [-0.3, -0.25) is 21.3 Å². The molecule has 17 heteroatoms. The Morgan fingerprint density at radius 1 is 0.377 bits per heavy atom. The Morgan fingerprint density at radius 3 is 0.705 bits per heavy atom. The van der Waals surface area contributed by atoms with Crippen molar-refractivity contribution in [3.8, 4) is 0 Å². The van der Waals surface area contributed by atoms with E-state index < -0.39 is 32.4 Å². The highest BCUT2D eigenvalue weighted by Gasteiger charge is 2.41. The normalized spacial score (nSPS) is 13.3. The van der Waals surface area contributed by atoms with Gasteiger partial charge in [0, 0.05) is 22.7 Å². The fraction of sp³-hybridized carbons (Fsp3) is 0.364. The lowest BCUT2D eigenvalue weighted by Gasteiger charge is -2.35. The Bertz CT molecular complexity index is 1630. The molecule has 4 amide bonds. The van der Waals surface area contributed by atoms with E-state index in [-0.39, 0.29) is 26.4 Å². The molecule has 0 aliphatic carbocycles. The van der Waals surface area contributed by atoms with Crippen LogP contribution in [0.25, 0.3) is 0 Å². The van der Waals surface area contributed by atoms with Gasteiger partial charge in [-0.2, -0.15) is 0 Å². The van der Waals surface area contributed by atoms with Crippen LogP contribution in [-0.2, 0) is 37.9 Å². The van der Waals surface area contributed by atoms with E-state index >= 15 is 0 Å². The van der Waals surface area contributed by atoms with E-state index in [2.05, 4.69) is 21.3 Å². The van der Waals surface area contributed by atoms with E-state index in [9.17, 15) is 19.2 Å². The molecule has 2 saturated heterocycles. The zero-order chi connectivity index (χ0) is 43.7. The standard InChI is InChI=1S/C36H40N4O8Si.2C4H8O2/c1-5-45-33(41)37-25-9-17-29(18-10-25)49(30-19-11-26(12-20-30)38-34(42)46-6-2,31-21-13-27(14-22-31)39-35(43)47-7-3)32-23-15-28(16-24-32)40-36(44)48-8-4;2*1-2-6-4-3-5-1/h9-24H,5-8H2,1-4H3,(H,37,41)(H,38,42)(H,39,43)(H,40,44);2*1-4H2. The first-order valence-electron chi connectivity index (χ1n) is 20.2. The van der Waals surface area contributed by atoms with E-state index in [0.717, 1.165) is 73.6 Å². The molecule has 0 atom stereocenters. The lowest BCUT2D eigenvalue weighted by molar-refractivity contribution is -0.0334. The second kappa shape index (κ2) is 26.3. The van der Waals surface area contributed by atoms with Crippen molar-refractivity contribution < 1.29 is 57.1 Å². The number of rotatable bonds is 12. The minimum absolute atomic E-state index is 0.239. The first-order chi connectivity index (χ1) is 29.7. The van der Waals surface area contributed by atoms with Crippen molar-refractivity contribution in [1.82, 2.24) is 0 Å². The van der Waals surface area contributed by atoms with Crippen LogP contribution in [0, 0.1) is 0 Å². The van der Waals surface area contributed by atoms with Gasteiger partial charge in [-0.15, -0.1) is 0 Å². The van der Waals surface area contributed by atoms with Crippen LogP contribution in [0.5, 0.6) is 0 Å². The summed E-state index contributed by atoms with van der Waals surface area (Å²) in [7, 11) is -3.19. The number of carbonyl (C=O) groups is 4. The molecule has 4 aromatic rings. The van der Waals surface area contributed by atoms with Crippen LogP contribution in [0.1, 0.15) is 27.7 Å². The Kier molecular flexibility index (Phi) is 20.5. The average molecular weight is 861 g/mol. The predicted molar refractivity (Wildman–Crippen MR) is 236 cm³/mol. The lowest BCUT2D eigenvalue weighted by Crippen LogP contribution is -2.74. The van der Waals surface area contributed by atoms with Gasteiger partial charge >= 0.3 is 24.4 Å². The van der Waals surface area contributed by atoms with Crippen LogP contribution < -0.4 is 42.0 Å². The number of hydrogen-bond donors (Lipinski definition) is 4. The summed E-state index contributed by atoms with van der Waals surface area (Å²) >= 11 is 0. The van der Waals surface area contributed by atoms with Gasteiger partial charge in [0.25, 0.3) is 0 Å². The van der Waals surface area contributed by atoms with E-state index in [1.165, 1.54) is 0 Å². The van der Waals surface area contributed by atoms with Crippen molar-refractivity contribution in [3.63, 3.8) is 0 Å². The van der Waals surface area contributed by atoms with Gasteiger partial charge in [0.15, 0.2) is 8.07 Å². The maximum atomic E-state index is 12.2. The SMILES string of the molecule is C1COCCO1.C1COCCO1.CCOC(=O)Nc1ccc([Si](c2ccc(NC(=O)OCC)cc2)(c2ccc(NC(=O)OCC)cc2)c2ccc(NC(=O)OCC)cc2)cc1. The van der Waals surface area contributed by atoms with Crippen molar-refractivity contribution in [2.45, 2.75) is 27.7 Å². The van der Waals surface area contributed by atoms with Crippen molar-refractivity contribution >= 4 is 75.9 Å². The van der Waals surface area contributed by atoms with Crippen molar-refractivity contribution in [2.75, 3.05) is 101 Å². The molecule has 0 radical (unpaired) electrons. The lowest BCUT2D eigenvalue weighted by atomic mass is 10.3. The molecule has 2 aliphatic rings. The van der Waals surface area contributed by atoms with Crippen LogP contribution in [0.15, 0.2) is 97.1 Å². The summed E-state index contributed by atoms with van der Waals surface area (Å²) < 4.78 is 40.0. The van der Waals surface area contributed by atoms with Crippen molar-refractivity contribution in [3.05, 3.63) is 97.1 Å². The number of hydrogen-bond acceptors (Lipinski definition) is 12. The average Bonchev–Trinajstić information content (AvgIpc) is 3.28. The van der Waals surface area contributed by atoms with Gasteiger partial charge in [0.2, 0.25) is 0 Å². The van der Waals surface area contributed by atoms with E-state index in [1.54, 1.807) is 27.7 Å². The number of nitrogens with one attached hydrogen (secondary N) is 4. The van der Waals surface area contributed by atoms with E-state index in [1.807, 2.05) is 97.1 Å². The van der Waals surface area contributed by atoms with Crippen LogP contribution in [0.3, 0.4) is 0 Å². The zero-order valence-corrected chi connectivity index (χ0v) is 36.1. The Morgan fingerprint density at radius 2 is 0.557 bits per heavy atom. The van der Waals surface area contributed by atoms with Crippen LogP contribution in [0.2, 0.25) is 0 Å². The van der Waals surface area contributed by atoms with Gasteiger partial charge < -0.3 is 37.9 Å². The molecule has 0 saturated carbocycles. The summed E-state index contributed by atoms with van der Waals surface area (Å²) in [6.07, 6.45) is -2.23. The molecule has 4 N–H and O–H groups in total. The van der Waals surface area contributed by atoms with Crippen molar-refractivity contribution in [2.24, 2.45) is 0 Å². The summed E-state index contributed by atoms with van der Waals surface area (Å²) in [5.41, 5.74) is 2.23. The van der Waals surface area contributed by atoms with Gasteiger partial charge in [0.1, 0.15) is 0 Å². The fourth-order valence-corrected chi connectivity index (χ4v) is 10.9. The van der Waals surface area contributed by atoms with Gasteiger partial charge in [-0.1, -0.05) is 48.5 Å². The molecule has 2 aliphatic heterocycles. The minimum Gasteiger partial charge on any atom is -0.450 e. The molecule has 16 nitrogen and oxygen atoms in total. The molecule has 0 spiro atoms. The van der Waals surface area contributed by atoms with Crippen LogP contribution >= 0.6 is 0 Å². The van der Waals surface area contributed by atoms with Gasteiger partial charge in [-0.25, -0.2) is 19.2 Å². The van der Waals surface area contributed by atoms with Gasteiger partial charge in [0.05, 0.1) is 79.3 Å². The molecule has 4 aromatic carbocycles. The number of anilines is 4. The summed E-state index contributed by atoms with van der Waals surface area (Å²) in [5.74, 6) is 0. The maximum absolute atomic E-state index is 12.2. The molecule has 6 rings (SSSR count). The smallest absolute Gasteiger partial charge is 0.411 e. The van der Waals surface area contributed by atoms with E-state index in [4.69, 9.17) is 37.9 Å². The molecule has 328 valence electrons. The molecule has 2 heterocycles. The number of ether oxygens (including phenoxy) is 8. The topological polar surface area (TPSA) is 190 Å². The first-order valence-corrected chi connectivity index (χ1v) is 22.2. The highest BCUT2D eigenvalue weighted by atomic mass is 28.3. The quantitative estimate of drug-likeness (QED) is 0.0808. The highest BCUT2D eigenvalue weighted by molar-refractivity contribution is 7.19. The van der Waals surface area contributed by atoms with Gasteiger partial charge in [-0.05, 0) is 97.0 Å². The predicted octanol–water partition coefficient (Wildman–Crippen LogP) is 5.40. The Labute approximate surface area is 357 Å². The Hall–Kier alpha value is -5.98. The second-order valence-corrected chi connectivity index (χ2v) is 16.7. The molecule has 61 heavy (non-hydrogen) atoms.